The van der Waals surface area contributed by atoms with E-state index in [4.69, 9.17) is 5.73 Å². The predicted octanol–water partition coefficient (Wildman–Crippen LogP) is 7.72. The Balaban J connectivity index is 1.87. The first-order valence-corrected chi connectivity index (χ1v) is 14.3. The Morgan fingerprint density at radius 3 is 1.68 bits per heavy atom. The summed E-state index contributed by atoms with van der Waals surface area (Å²) in [6.07, 6.45) is 32.2. The molecule has 0 aromatic heterocycles. The average molecular weight is 477 g/mol. The Hall–Kier alpha value is -1.46. The van der Waals surface area contributed by atoms with Gasteiger partial charge in [-0.15, -0.1) is 6.58 Å². The number of rotatable bonds is 25. The van der Waals surface area contributed by atoms with Gasteiger partial charge >= 0.3 is 5.97 Å². The van der Waals surface area contributed by atoms with E-state index in [0.29, 0.717) is 17.6 Å². The van der Waals surface area contributed by atoms with Crippen molar-refractivity contribution < 1.29 is 14.4 Å². The SMILES string of the molecule is C=CCCCCCCCCCCCCCCCCCCCCC1=NC=C[N+]1(CCN)CC(=O)O. The summed E-state index contributed by atoms with van der Waals surface area (Å²) in [7, 11) is 0. The van der Waals surface area contributed by atoms with Crippen molar-refractivity contribution >= 4 is 11.8 Å². The number of carbonyl (C=O) groups is 1. The van der Waals surface area contributed by atoms with Crippen molar-refractivity contribution in [2.24, 2.45) is 10.7 Å². The summed E-state index contributed by atoms with van der Waals surface area (Å²) in [5, 5.41) is 9.28. The smallest absolute Gasteiger partial charge is 0.360 e. The highest BCUT2D eigenvalue weighted by Crippen LogP contribution is 2.21. The second-order valence-corrected chi connectivity index (χ2v) is 10.1. The lowest BCUT2D eigenvalue weighted by Crippen LogP contribution is -2.52. The molecule has 1 aliphatic heterocycles. The van der Waals surface area contributed by atoms with Crippen molar-refractivity contribution in [3.05, 3.63) is 25.1 Å². The molecule has 0 spiro atoms. The molecule has 1 heterocycles. The van der Waals surface area contributed by atoms with Gasteiger partial charge < -0.3 is 10.8 Å². The quantitative estimate of drug-likeness (QED) is 0.0804. The van der Waals surface area contributed by atoms with Gasteiger partial charge in [0.15, 0.2) is 6.54 Å². The predicted molar refractivity (Wildman–Crippen MR) is 146 cm³/mol. The van der Waals surface area contributed by atoms with E-state index in [1.807, 2.05) is 12.3 Å². The number of nitrogens with zero attached hydrogens (tertiary/aromatic N) is 2. The molecule has 0 amide bonds. The third-order valence-corrected chi connectivity index (χ3v) is 7.09. The fourth-order valence-electron chi connectivity index (χ4n) is 5.03. The minimum absolute atomic E-state index is 0.0449. The second-order valence-electron chi connectivity index (χ2n) is 10.1. The van der Waals surface area contributed by atoms with Crippen LogP contribution >= 0.6 is 0 Å². The molecule has 0 radical (unpaired) electrons. The van der Waals surface area contributed by atoms with Gasteiger partial charge in [0.05, 0.1) is 6.20 Å². The maximum atomic E-state index is 11.3. The number of carboxylic acids is 1. The van der Waals surface area contributed by atoms with Gasteiger partial charge in [-0.3, -0.25) is 0 Å². The number of carboxylic acid groups (broad SMARTS) is 1. The number of nitrogens with two attached hydrogens (primary N) is 1. The zero-order valence-electron chi connectivity index (χ0n) is 22.0. The summed E-state index contributed by atoms with van der Waals surface area (Å²) >= 11 is 0. The highest BCUT2D eigenvalue weighted by Gasteiger charge is 2.36. The molecule has 1 rings (SSSR count). The maximum Gasteiger partial charge on any atom is 0.360 e. The van der Waals surface area contributed by atoms with Crippen molar-refractivity contribution in [1.29, 1.82) is 0 Å². The summed E-state index contributed by atoms with van der Waals surface area (Å²) < 4.78 is 0.308. The number of hydrogen-bond acceptors (Lipinski definition) is 3. The number of allylic oxidation sites excluding steroid dienone is 1. The molecule has 0 fully saturated rings. The molecule has 5 heteroatoms. The zero-order chi connectivity index (χ0) is 24.7. The zero-order valence-corrected chi connectivity index (χ0v) is 22.0. The molecule has 1 aliphatic rings. The standard InChI is InChI=1S/C29H53N3O2/c1-2-3-4-5-6-7-8-9-10-11-12-13-14-15-16-17-18-19-20-21-22-28-31-24-26-32(28,25-23-30)27-29(33)34/h2,24,26H,1,3-23,25,27,30H2/p+1. The minimum atomic E-state index is -0.797. The van der Waals surface area contributed by atoms with Crippen molar-refractivity contribution in [3.8, 4) is 0 Å². The average Bonchev–Trinajstić information content (AvgIpc) is 3.19. The van der Waals surface area contributed by atoms with Gasteiger partial charge in [0.25, 0.3) is 0 Å². The highest BCUT2D eigenvalue weighted by molar-refractivity contribution is 5.81. The van der Waals surface area contributed by atoms with Crippen LogP contribution in [0.25, 0.3) is 0 Å². The lowest BCUT2D eigenvalue weighted by molar-refractivity contribution is -0.778. The summed E-state index contributed by atoms with van der Waals surface area (Å²) in [4.78, 5) is 15.8. The third-order valence-electron chi connectivity index (χ3n) is 7.09. The number of unbranched alkanes of at least 4 members (excludes halogenated alkanes) is 18. The van der Waals surface area contributed by atoms with E-state index >= 15 is 0 Å². The lowest BCUT2D eigenvalue weighted by Gasteiger charge is -2.30. The van der Waals surface area contributed by atoms with Crippen LogP contribution in [0.4, 0.5) is 0 Å². The van der Waals surface area contributed by atoms with Crippen LogP contribution in [-0.4, -0.2) is 41.0 Å². The van der Waals surface area contributed by atoms with Crippen LogP contribution in [0.15, 0.2) is 30.0 Å². The normalized spacial score (nSPS) is 17.3. The molecule has 1 atom stereocenters. The molecule has 196 valence electrons. The van der Waals surface area contributed by atoms with Crippen LogP contribution in [0.5, 0.6) is 0 Å². The van der Waals surface area contributed by atoms with E-state index in [1.54, 1.807) is 6.20 Å². The van der Waals surface area contributed by atoms with Crippen molar-refractivity contribution in [3.63, 3.8) is 0 Å². The van der Waals surface area contributed by atoms with Gasteiger partial charge in [-0.05, 0) is 19.3 Å². The molecule has 0 aromatic rings. The lowest BCUT2D eigenvalue weighted by atomic mass is 10.0. The molecule has 1 unspecified atom stereocenters. The molecule has 0 aromatic carbocycles. The van der Waals surface area contributed by atoms with Crippen LogP contribution in [0.1, 0.15) is 128 Å². The first-order chi connectivity index (χ1) is 16.6. The maximum absolute atomic E-state index is 11.3. The Labute approximate surface area is 210 Å². The van der Waals surface area contributed by atoms with Crippen LogP contribution in [-0.2, 0) is 4.79 Å². The van der Waals surface area contributed by atoms with E-state index in [-0.39, 0.29) is 6.54 Å². The van der Waals surface area contributed by atoms with E-state index in [2.05, 4.69) is 11.6 Å². The molecule has 0 saturated carbocycles. The fraction of sp³-hybridized carbons (Fsp3) is 0.793. The minimum Gasteiger partial charge on any atom is -0.477 e. The largest absolute Gasteiger partial charge is 0.477 e. The van der Waals surface area contributed by atoms with Crippen molar-refractivity contribution in [1.82, 2.24) is 0 Å². The Morgan fingerprint density at radius 1 is 0.824 bits per heavy atom. The number of aliphatic imine (C=N–C) groups is 1. The van der Waals surface area contributed by atoms with Crippen LogP contribution in [0.3, 0.4) is 0 Å². The second kappa shape index (κ2) is 20.9. The topological polar surface area (TPSA) is 75.7 Å². The van der Waals surface area contributed by atoms with Crippen LogP contribution < -0.4 is 5.73 Å². The fourth-order valence-corrected chi connectivity index (χ4v) is 5.03. The van der Waals surface area contributed by atoms with Crippen molar-refractivity contribution in [2.45, 2.75) is 128 Å². The van der Waals surface area contributed by atoms with E-state index in [9.17, 15) is 9.90 Å². The first-order valence-electron chi connectivity index (χ1n) is 14.3. The third kappa shape index (κ3) is 14.7. The van der Waals surface area contributed by atoms with E-state index in [0.717, 1.165) is 18.7 Å². The summed E-state index contributed by atoms with van der Waals surface area (Å²) in [6.45, 7) is 4.90. The van der Waals surface area contributed by atoms with Crippen molar-refractivity contribution in [2.75, 3.05) is 19.6 Å². The van der Waals surface area contributed by atoms with Gasteiger partial charge in [0, 0.05) is 13.0 Å². The molecule has 0 aliphatic carbocycles. The van der Waals surface area contributed by atoms with Crippen LogP contribution in [0.2, 0.25) is 0 Å². The summed E-state index contributed by atoms with van der Waals surface area (Å²) in [5.74, 6) is 0.167. The Morgan fingerprint density at radius 2 is 1.26 bits per heavy atom. The molecule has 34 heavy (non-hydrogen) atoms. The van der Waals surface area contributed by atoms with Gasteiger partial charge in [-0.25, -0.2) is 14.3 Å². The molecule has 0 saturated heterocycles. The van der Waals surface area contributed by atoms with Gasteiger partial charge in [-0.1, -0.05) is 109 Å². The van der Waals surface area contributed by atoms with Gasteiger partial charge in [0.1, 0.15) is 12.7 Å². The highest BCUT2D eigenvalue weighted by atomic mass is 16.4. The van der Waals surface area contributed by atoms with Gasteiger partial charge in [-0.2, -0.15) is 0 Å². The molecule has 3 N–H and O–H groups in total. The van der Waals surface area contributed by atoms with Gasteiger partial charge in [0.2, 0.25) is 5.84 Å². The van der Waals surface area contributed by atoms with E-state index < -0.39 is 5.97 Å². The number of hydrogen-bond donors (Lipinski definition) is 2. The number of amidine groups is 1. The number of aliphatic carboxylic acids is 1. The number of quaternary nitrogens is 1. The first kappa shape index (κ1) is 30.6. The Bertz CT molecular complexity index is 588. The van der Waals surface area contributed by atoms with Crippen LogP contribution in [0, 0.1) is 0 Å². The Kier molecular flexibility index (Phi) is 18.8. The van der Waals surface area contributed by atoms with E-state index in [1.165, 1.54) is 116 Å². The monoisotopic (exact) mass is 476 g/mol. The molecular weight excluding hydrogens is 422 g/mol. The summed E-state index contributed by atoms with van der Waals surface area (Å²) in [5.41, 5.74) is 5.74. The molecule has 5 nitrogen and oxygen atoms in total. The molecule has 0 bridgehead atoms. The molecular formula is C29H54N3O2+. The summed E-state index contributed by atoms with van der Waals surface area (Å²) in [6, 6.07) is 0.